The Bertz CT molecular complexity index is 192. The summed E-state index contributed by atoms with van der Waals surface area (Å²) in [5, 5.41) is 0. The first kappa shape index (κ1) is 10.2. The molecule has 3 unspecified atom stereocenters. The first-order valence-electron chi connectivity index (χ1n) is 4.88. The van der Waals surface area contributed by atoms with Crippen molar-refractivity contribution in [1.29, 1.82) is 0 Å². The van der Waals surface area contributed by atoms with Crippen molar-refractivity contribution in [3.8, 4) is 5.69 Å². The fourth-order valence-corrected chi connectivity index (χ4v) is 3.34. The van der Waals surface area contributed by atoms with Crippen molar-refractivity contribution in [1.82, 2.24) is 0 Å². The molecule has 0 aromatic carbocycles. The van der Waals surface area contributed by atoms with Crippen molar-refractivity contribution < 1.29 is 0 Å². The Morgan fingerprint density at radius 3 is 2.67 bits per heavy atom. The van der Waals surface area contributed by atoms with Gasteiger partial charge in [-0.15, -0.1) is 5.69 Å². The van der Waals surface area contributed by atoms with Gasteiger partial charge in [0.25, 0.3) is 0 Å². The summed E-state index contributed by atoms with van der Waals surface area (Å²) in [6.07, 6.45) is 7.61. The van der Waals surface area contributed by atoms with Crippen LogP contribution in [0.15, 0.2) is 0 Å². The molecule has 2 N–H and O–H groups in total. The third kappa shape index (κ3) is 3.22. The van der Waals surface area contributed by atoms with Crippen molar-refractivity contribution in [2.24, 2.45) is 17.6 Å². The summed E-state index contributed by atoms with van der Waals surface area (Å²) >= 11 is 0. The van der Waals surface area contributed by atoms with E-state index in [4.69, 9.17) is 11.4 Å². The molecule has 0 aromatic heterocycles. The van der Waals surface area contributed by atoms with Crippen LogP contribution in [0.4, 0.5) is 0 Å². The van der Waals surface area contributed by atoms with Crippen LogP contribution in [0.5, 0.6) is 0 Å². The third-order valence-corrected chi connectivity index (χ3v) is 3.86. The molecule has 1 saturated carbocycles. The maximum absolute atomic E-state index is 5.84. The van der Waals surface area contributed by atoms with Crippen LogP contribution in [0.3, 0.4) is 0 Å². The van der Waals surface area contributed by atoms with E-state index in [0.717, 1.165) is 18.4 Å². The molecule has 1 aliphatic carbocycles. The molecule has 1 aliphatic rings. The van der Waals surface area contributed by atoms with Crippen LogP contribution in [0.25, 0.3) is 0 Å². The van der Waals surface area contributed by atoms with E-state index in [9.17, 15) is 0 Å². The fraction of sp³-hybridized carbons (Fsp3) is 0.900. The predicted octanol–water partition coefficient (Wildman–Crippen LogP) is 1.97. The number of nitrogens with two attached hydrogens (primary N) is 1. The minimum absolute atomic E-state index is 0.188. The van der Waals surface area contributed by atoms with Gasteiger partial charge < -0.3 is 5.73 Å². The SMILES string of the molecule is C#[SH](C)CC1CCCC(CN)C1. The smallest absolute Gasteiger partial charge is 0.00488 e. The summed E-state index contributed by atoms with van der Waals surface area (Å²) in [7, 11) is -0.188. The van der Waals surface area contributed by atoms with Crippen LogP contribution < -0.4 is 5.73 Å². The molecule has 1 rings (SSSR count). The van der Waals surface area contributed by atoms with Crippen molar-refractivity contribution in [2.75, 3.05) is 18.6 Å². The standard InChI is InChI=1S/C10H21NS/c1-12(2)8-10-5-3-4-9(6-10)7-11/h1,9-10,12H,3-8,11H2,2H3. The van der Waals surface area contributed by atoms with E-state index in [0.29, 0.717) is 0 Å². The third-order valence-electron chi connectivity index (χ3n) is 2.77. The molecule has 0 radical (unpaired) electrons. The van der Waals surface area contributed by atoms with Crippen LogP contribution in [-0.2, 0) is 0 Å². The van der Waals surface area contributed by atoms with Gasteiger partial charge in [-0.05, 0) is 49.7 Å². The molecule has 0 aromatic rings. The van der Waals surface area contributed by atoms with Crippen LogP contribution in [0.1, 0.15) is 25.7 Å². The summed E-state index contributed by atoms with van der Waals surface area (Å²) in [5.74, 6) is 2.93. The Labute approximate surface area is 78.3 Å². The molecule has 72 valence electrons. The summed E-state index contributed by atoms with van der Waals surface area (Å²) in [4.78, 5) is 0. The van der Waals surface area contributed by atoms with E-state index < -0.39 is 0 Å². The molecular weight excluding hydrogens is 166 g/mol. The topological polar surface area (TPSA) is 26.0 Å². The molecule has 1 nitrogen and oxygen atoms in total. The maximum Gasteiger partial charge on any atom is -0.00488 e. The summed E-state index contributed by atoms with van der Waals surface area (Å²) in [5.41, 5.74) is 11.5. The van der Waals surface area contributed by atoms with Crippen LogP contribution in [-0.4, -0.2) is 18.6 Å². The Kier molecular flexibility index (Phi) is 4.20. The number of hydrogen-bond acceptors (Lipinski definition) is 1. The zero-order valence-electron chi connectivity index (χ0n) is 8.00. The van der Waals surface area contributed by atoms with Gasteiger partial charge in [0.1, 0.15) is 0 Å². The van der Waals surface area contributed by atoms with E-state index in [2.05, 4.69) is 6.26 Å². The van der Waals surface area contributed by atoms with E-state index in [1.165, 1.54) is 31.4 Å². The molecule has 0 bridgehead atoms. The molecule has 1 fully saturated rings. The lowest BCUT2D eigenvalue weighted by atomic mass is 9.82. The van der Waals surface area contributed by atoms with Gasteiger partial charge in [-0.1, -0.05) is 6.42 Å². The first-order chi connectivity index (χ1) is 5.72. The predicted molar refractivity (Wildman–Crippen MR) is 59.2 cm³/mol. The van der Waals surface area contributed by atoms with Gasteiger partial charge in [0.05, 0.1) is 0 Å². The minimum atomic E-state index is -0.188. The second-order valence-electron chi connectivity index (χ2n) is 4.07. The lowest BCUT2D eigenvalue weighted by Gasteiger charge is -2.28. The highest BCUT2D eigenvalue weighted by atomic mass is 32.2. The van der Waals surface area contributed by atoms with Crippen molar-refractivity contribution in [3.63, 3.8) is 0 Å². The molecule has 2 heteroatoms. The average molecular weight is 187 g/mol. The number of rotatable bonds is 2. The van der Waals surface area contributed by atoms with Gasteiger partial charge in [0, 0.05) is 0 Å². The second-order valence-corrected chi connectivity index (χ2v) is 5.95. The van der Waals surface area contributed by atoms with Gasteiger partial charge in [0.15, 0.2) is 0 Å². The summed E-state index contributed by atoms with van der Waals surface area (Å²) < 4.78 is 0. The molecule has 12 heavy (non-hydrogen) atoms. The van der Waals surface area contributed by atoms with Crippen LogP contribution >= 0.6 is 10.3 Å². The monoisotopic (exact) mass is 187 g/mol. The van der Waals surface area contributed by atoms with E-state index in [1.807, 2.05) is 0 Å². The average Bonchev–Trinajstić information content (AvgIpc) is 2.03. The minimum Gasteiger partial charge on any atom is -0.330 e. The fourth-order valence-electron chi connectivity index (χ4n) is 2.19. The highest BCUT2D eigenvalue weighted by Gasteiger charge is 2.20. The molecule has 0 amide bonds. The van der Waals surface area contributed by atoms with Crippen LogP contribution in [0.2, 0.25) is 0 Å². The lowest BCUT2D eigenvalue weighted by molar-refractivity contribution is 0.292. The largest absolute Gasteiger partial charge is 0.330 e. The normalized spacial score (nSPS) is 33.1. The Morgan fingerprint density at radius 2 is 2.08 bits per heavy atom. The highest BCUT2D eigenvalue weighted by Crippen LogP contribution is 2.30. The molecule has 0 spiro atoms. The molecular formula is C10H21NS. The van der Waals surface area contributed by atoms with E-state index >= 15 is 0 Å². The van der Waals surface area contributed by atoms with Crippen molar-refractivity contribution in [3.05, 3.63) is 0 Å². The zero-order valence-corrected chi connectivity index (χ0v) is 8.89. The molecule has 0 aliphatic heterocycles. The van der Waals surface area contributed by atoms with Gasteiger partial charge >= 0.3 is 0 Å². The molecule has 0 heterocycles. The van der Waals surface area contributed by atoms with E-state index in [1.54, 1.807) is 0 Å². The first-order valence-corrected chi connectivity index (χ1v) is 6.92. The number of hydrogen-bond donors (Lipinski definition) is 2. The quantitative estimate of drug-likeness (QED) is 0.635. The second kappa shape index (κ2) is 4.96. The van der Waals surface area contributed by atoms with Crippen molar-refractivity contribution >= 4 is 10.3 Å². The van der Waals surface area contributed by atoms with Gasteiger partial charge in [0.2, 0.25) is 0 Å². The zero-order chi connectivity index (χ0) is 8.97. The van der Waals surface area contributed by atoms with Crippen molar-refractivity contribution in [2.45, 2.75) is 25.7 Å². The van der Waals surface area contributed by atoms with Gasteiger partial charge in [-0.3, -0.25) is 0 Å². The molecule has 0 saturated heterocycles. The van der Waals surface area contributed by atoms with Gasteiger partial charge in [-0.2, -0.15) is 0 Å². The maximum atomic E-state index is 5.84. The summed E-state index contributed by atoms with van der Waals surface area (Å²) in [6, 6.07) is 0. The van der Waals surface area contributed by atoms with Gasteiger partial charge in [-0.25, -0.2) is 10.3 Å². The van der Waals surface area contributed by atoms with Crippen LogP contribution in [0, 0.1) is 17.5 Å². The Balaban J connectivity index is 2.32. The molecule has 3 atom stereocenters. The highest BCUT2D eigenvalue weighted by molar-refractivity contribution is 8.06. The Hall–Kier alpha value is 0.0900. The lowest BCUT2D eigenvalue weighted by Crippen LogP contribution is -2.23. The summed E-state index contributed by atoms with van der Waals surface area (Å²) in [6.45, 7) is 0.878. The number of thiol groups is 1. The van der Waals surface area contributed by atoms with E-state index in [-0.39, 0.29) is 10.3 Å². The Morgan fingerprint density at radius 1 is 1.42 bits per heavy atom.